The Morgan fingerprint density at radius 2 is 1.33 bits per heavy atom. The van der Waals surface area contributed by atoms with Crippen molar-refractivity contribution < 1.29 is 9.22 Å². The van der Waals surface area contributed by atoms with Crippen LogP contribution in [0.5, 0.6) is 0 Å². The van der Waals surface area contributed by atoms with Crippen LogP contribution in [0, 0.1) is 0 Å². The molecule has 21 heavy (non-hydrogen) atoms. The van der Waals surface area contributed by atoms with E-state index < -0.39 is 8.32 Å². The van der Waals surface area contributed by atoms with E-state index in [1.165, 1.54) is 51.4 Å². The molecule has 0 aromatic carbocycles. The molecule has 2 nitrogen and oxygen atoms in total. The van der Waals surface area contributed by atoms with E-state index in [4.69, 9.17) is 4.43 Å². The standard InChI is InChI=1S/C18H36O2Si/c1-6-9-12-13-16-21(14-10-7-2,15-11-8-3)20-18(19)17(4)5/h4,6-16H2,1-3,5H3. The molecular formula is C18H36O2Si. The van der Waals surface area contributed by atoms with Gasteiger partial charge in [-0.2, -0.15) is 0 Å². The molecule has 0 atom stereocenters. The van der Waals surface area contributed by atoms with E-state index in [0.29, 0.717) is 5.57 Å². The van der Waals surface area contributed by atoms with Gasteiger partial charge in [-0.15, -0.1) is 0 Å². The van der Waals surface area contributed by atoms with E-state index in [-0.39, 0.29) is 5.97 Å². The van der Waals surface area contributed by atoms with Crippen LogP contribution < -0.4 is 0 Å². The zero-order valence-electron chi connectivity index (χ0n) is 14.8. The summed E-state index contributed by atoms with van der Waals surface area (Å²) >= 11 is 0. The first-order valence-corrected chi connectivity index (χ1v) is 11.4. The van der Waals surface area contributed by atoms with Gasteiger partial charge in [-0.1, -0.05) is 78.7 Å². The first kappa shape index (κ1) is 20.4. The minimum atomic E-state index is -1.92. The Kier molecular flexibility index (Phi) is 11.7. The predicted molar refractivity (Wildman–Crippen MR) is 95.0 cm³/mol. The molecule has 0 saturated heterocycles. The summed E-state index contributed by atoms with van der Waals surface area (Å²) in [4.78, 5) is 12.1. The lowest BCUT2D eigenvalue weighted by molar-refractivity contribution is -0.131. The molecule has 0 aliphatic rings. The maximum absolute atomic E-state index is 12.1. The third-order valence-electron chi connectivity index (χ3n) is 4.12. The summed E-state index contributed by atoms with van der Waals surface area (Å²) in [6, 6.07) is 3.41. The van der Waals surface area contributed by atoms with Gasteiger partial charge in [0.15, 0.2) is 0 Å². The zero-order chi connectivity index (χ0) is 16.1. The second-order valence-corrected chi connectivity index (χ2v) is 10.4. The fraction of sp³-hybridized carbons (Fsp3) is 0.833. The van der Waals surface area contributed by atoms with Gasteiger partial charge in [-0.25, -0.2) is 4.79 Å². The average molecular weight is 313 g/mol. The fourth-order valence-electron chi connectivity index (χ4n) is 2.68. The van der Waals surface area contributed by atoms with Gasteiger partial charge in [0.2, 0.25) is 0 Å². The highest BCUT2D eigenvalue weighted by Crippen LogP contribution is 2.30. The Bertz CT molecular complexity index is 292. The lowest BCUT2D eigenvalue weighted by Crippen LogP contribution is -2.40. The van der Waals surface area contributed by atoms with E-state index in [0.717, 1.165) is 18.1 Å². The van der Waals surface area contributed by atoms with Crippen LogP contribution in [0.15, 0.2) is 12.2 Å². The maximum Gasteiger partial charge on any atom is 0.319 e. The van der Waals surface area contributed by atoms with Crippen molar-refractivity contribution in [3.8, 4) is 0 Å². The monoisotopic (exact) mass is 312 g/mol. The molecule has 124 valence electrons. The maximum atomic E-state index is 12.1. The Labute approximate surface area is 133 Å². The summed E-state index contributed by atoms with van der Waals surface area (Å²) in [5.74, 6) is -0.149. The van der Waals surface area contributed by atoms with Crippen molar-refractivity contribution in [2.45, 2.75) is 97.2 Å². The molecular weight excluding hydrogens is 276 g/mol. The Balaban J connectivity index is 4.82. The largest absolute Gasteiger partial charge is 0.516 e. The minimum absolute atomic E-state index is 0.149. The van der Waals surface area contributed by atoms with E-state index in [2.05, 4.69) is 27.4 Å². The van der Waals surface area contributed by atoms with E-state index in [9.17, 15) is 4.79 Å². The Morgan fingerprint density at radius 3 is 1.76 bits per heavy atom. The van der Waals surface area contributed by atoms with Crippen molar-refractivity contribution in [3.63, 3.8) is 0 Å². The van der Waals surface area contributed by atoms with Gasteiger partial charge < -0.3 is 4.43 Å². The summed E-state index contributed by atoms with van der Waals surface area (Å²) in [6.07, 6.45) is 9.77. The number of carbonyl (C=O) groups is 1. The highest BCUT2D eigenvalue weighted by Gasteiger charge is 2.36. The number of unbranched alkanes of at least 4 members (excludes halogenated alkanes) is 5. The van der Waals surface area contributed by atoms with E-state index in [1.54, 1.807) is 6.92 Å². The normalized spacial score (nSPS) is 11.4. The van der Waals surface area contributed by atoms with Crippen molar-refractivity contribution in [2.24, 2.45) is 0 Å². The third kappa shape index (κ3) is 9.13. The van der Waals surface area contributed by atoms with Crippen LogP contribution in [0.25, 0.3) is 0 Å². The van der Waals surface area contributed by atoms with Crippen molar-refractivity contribution in [3.05, 3.63) is 12.2 Å². The van der Waals surface area contributed by atoms with Gasteiger partial charge in [0.25, 0.3) is 8.32 Å². The predicted octanol–water partition coefficient (Wildman–Crippen LogP) is 6.23. The highest BCUT2D eigenvalue weighted by atomic mass is 28.4. The fourth-order valence-corrected chi connectivity index (χ4v) is 7.20. The molecule has 0 saturated carbocycles. The molecule has 0 bridgehead atoms. The van der Waals surface area contributed by atoms with Crippen LogP contribution in [0.3, 0.4) is 0 Å². The zero-order valence-corrected chi connectivity index (χ0v) is 15.8. The van der Waals surface area contributed by atoms with Gasteiger partial charge in [-0.3, -0.25) is 0 Å². The molecule has 0 radical (unpaired) electrons. The van der Waals surface area contributed by atoms with Crippen LogP contribution in [0.4, 0.5) is 0 Å². The van der Waals surface area contributed by atoms with Gasteiger partial charge in [0.1, 0.15) is 0 Å². The molecule has 3 heteroatoms. The number of hydrogen-bond donors (Lipinski definition) is 0. The van der Waals surface area contributed by atoms with Crippen LogP contribution in [0.2, 0.25) is 18.1 Å². The second kappa shape index (κ2) is 12.0. The van der Waals surface area contributed by atoms with Gasteiger partial charge in [0.05, 0.1) is 0 Å². The molecule has 0 unspecified atom stereocenters. The van der Waals surface area contributed by atoms with Crippen molar-refractivity contribution in [1.82, 2.24) is 0 Å². The van der Waals surface area contributed by atoms with Crippen molar-refractivity contribution in [1.29, 1.82) is 0 Å². The molecule has 0 heterocycles. The lowest BCUT2D eigenvalue weighted by Gasteiger charge is -2.31. The molecule has 0 amide bonds. The van der Waals surface area contributed by atoms with Crippen molar-refractivity contribution in [2.75, 3.05) is 0 Å². The van der Waals surface area contributed by atoms with Crippen LogP contribution >= 0.6 is 0 Å². The molecule has 0 spiro atoms. The van der Waals surface area contributed by atoms with Gasteiger partial charge >= 0.3 is 5.97 Å². The van der Waals surface area contributed by atoms with Crippen LogP contribution in [0.1, 0.15) is 79.1 Å². The van der Waals surface area contributed by atoms with E-state index >= 15 is 0 Å². The first-order valence-electron chi connectivity index (χ1n) is 8.90. The van der Waals surface area contributed by atoms with Gasteiger partial charge in [-0.05, 0) is 25.1 Å². The number of carbonyl (C=O) groups excluding carboxylic acids is 1. The van der Waals surface area contributed by atoms with Crippen LogP contribution in [-0.4, -0.2) is 14.3 Å². The quantitative estimate of drug-likeness (QED) is 0.229. The summed E-state index contributed by atoms with van der Waals surface area (Å²) in [5.41, 5.74) is 0.549. The first-order chi connectivity index (χ1) is 10.0. The molecule has 0 N–H and O–H groups in total. The summed E-state index contributed by atoms with van der Waals surface area (Å²) < 4.78 is 6.08. The highest BCUT2D eigenvalue weighted by molar-refractivity contribution is 6.75. The summed E-state index contributed by atoms with van der Waals surface area (Å²) in [7, 11) is -1.92. The van der Waals surface area contributed by atoms with Crippen LogP contribution in [-0.2, 0) is 9.22 Å². The number of rotatable bonds is 13. The SMILES string of the molecule is C=C(C)C(=O)O[Si](CCCC)(CCCC)CCCCCC. The molecule has 0 aliphatic heterocycles. The smallest absolute Gasteiger partial charge is 0.319 e. The van der Waals surface area contributed by atoms with Crippen molar-refractivity contribution >= 4 is 14.3 Å². The summed E-state index contributed by atoms with van der Waals surface area (Å²) in [5, 5.41) is 0. The number of hydrogen-bond acceptors (Lipinski definition) is 2. The Morgan fingerprint density at radius 1 is 0.857 bits per heavy atom. The second-order valence-electron chi connectivity index (χ2n) is 6.37. The molecule has 0 aromatic rings. The summed E-state index contributed by atoms with van der Waals surface area (Å²) in [6.45, 7) is 12.2. The average Bonchev–Trinajstić information content (AvgIpc) is 2.47. The van der Waals surface area contributed by atoms with E-state index in [1.807, 2.05) is 0 Å². The topological polar surface area (TPSA) is 26.3 Å². The third-order valence-corrected chi connectivity index (χ3v) is 8.53. The lowest BCUT2D eigenvalue weighted by atomic mass is 10.2. The molecule has 0 fully saturated rings. The molecule has 0 aliphatic carbocycles. The minimum Gasteiger partial charge on any atom is -0.516 e. The molecule has 0 rings (SSSR count). The Hall–Kier alpha value is -0.573. The van der Waals surface area contributed by atoms with Gasteiger partial charge in [0, 0.05) is 5.57 Å². The molecule has 0 aromatic heterocycles.